The largest absolute Gasteiger partial charge is 0.473 e. The predicted octanol–water partition coefficient (Wildman–Crippen LogP) is 0.940. The molecule has 16 heavy (non-hydrogen) atoms. The number of hydrogen-bond acceptors (Lipinski definition) is 4. The number of hydrogen-bond donors (Lipinski definition) is 1. The summed E-state index contributed by atoms with van der Waals surface area (Å²) in [6.45, 7) is 2.05. The molecule has 1 aliphatic heterocycles. The van der Waals surface area contributed by atoms with Crippen molar-refractivity contribution in [3.63, 3.8) is 0 Å². The molecule has 1 unspecified atom stereocenters. The Morgan fingerprint density at radius 3 is 2.94 bits per heavy atom. The fraction of sp³-hybridized carbons (Fsp3) is 0.500. The molecule has 1 N–H and O–H groups in total. The Hall–Kier alpha value is -1.60. The van der Waals surface area contributed by atoms with Gasteiger partial charge in [-0.1, -0.05) is 0 Å². The number of piperidine rings is 2. The first-order chi connectivity index (χ1) is 7.88. The number of pyridine rings is 1. The molecule has 2 heterocycles. The van der Waals surface area contributed by atoms with E-state index in [4.69, 9.17) is 10.00 Å². The molecule has 1 aromatic heterocycles. The number of nitrogens with one attached hydrogen (secondary N) is 1. The van der Waals surface area contributed by atoms with Crippen LogP contribution in [0.2, 0.25) is 0 Å². The van der Waals surface area contributed by atoms with Crippen molar-refractivity contribution in [2.45, 2.75) is 12.5 Å². The second-order valence-corrected chi connectivity index (χ2v) is 4.46. The van der Waals surface area contributed by atoms with Crippen LogP contribution in [-0.4, -0.2) is 24.2 Å². The third kappa shape index (κ3) is 1.44. The van der Waals surface area contributed by atoms with Crippen LogP contribution in [0.3, 0.4) is 0 Å². The lowest BCUT2D eigenvalue weighted by atomic mass is 9.69. The fourth-order valence-electron chi connectivity index (χ4n) is 2.59. The van der Waals surface area contributed by atoms with Gasteiger partial charge in [-0.2, -0.15) is 5.26 Å². The maximum atomic E-state index is 8.94. The summed E-state index contributed by atoms with van der Waals surface area (Å²) in [5, 5.41) is 12.3. The van der Waals surface area contributed by atoms with Gasteiger partial charge in [0, 0.05) is 31.1 Å². The number of rotatable bonds is 2. The van der Waals surface area contributed by atoms with E-state index in [0.29, 0.717) is 23.3 Å². The molecular weight excluding hydrogens is 202 g/mol. The monoisotopic (exact) mass is 215 g/mol. The summed E-state index contributed by atoms with van der Waals surface area (Å²) >= 11 is 0. The van der Waals surface area contributed by atoms with Gasteiger partial charge in [0.15, 0.2) is 0 Å². The molecule has 4 heteroatoms. The summed E-state index contributed by atoms with van der Waals surface area (Å²) in [5.41, 5.74) is 0.528. The van der Waals surface area contributed by atoms with Crippen LogP contribution in [0.5, 0.6) is 5.88 Å². The summed E-state index contributed by atoms with van der Waals surface area (Å²) in [6, 6.07) is 5.62. The van der Waals surface area contributed by atoms with Crippen LogP contribution in [0.4, 0.5) is 0 Å². The topological polar surface area (TPSA) is 57.9 Å². The molecule has 4 nitrogen and oxygen atoms in total. The minimum atomic E-state index is 0.253. The van der Waals surface area contributed by atoms with Gasteiger partial charge < -0.3 is 10.1 Å². The average Bonchev–Trinajstić information content (AvgIpc) is 2.37. The third-order valence-corrected chi connectivity index (χ3v) is 3.49. The number of fused-ring (bicyclic) bond motifs is 2. The fourth-order valence-corrected chi connectivity index (χ4v) is 2.59. The molecule has 1 aliphatic carbocycles. The number of nitriles is 1. The summed E-state index contributed by atoms with van der Waals surface area (Å²) in [7, 11) is 0. The second-order valence-electron chi connectivity index (χ2n) is 4.46. The lowest BCUT2D eigenvalue weighted by molar-refractivity contribution is -0.0471. The van der Waals surface area contributed by atoms with Crippen LogP contribution < -0.4 is 10.1 Å². The van der Waals surface area contributed by atoms with Crippen molar-refractivity contribution in [1.82, 2.24) is 10.3 Å². The summed E-state index contributed by atoms with van der Waals surface area (Å²) in [5.74, 6) is 1.67. The lowest BCUT2D eigenvalue weighted by Crippen LogP contribution is -2.59. The van der Waals surface area contributed by atoms with Crippen molar-refractivity contribution >= 4 is 0 Å². The van der Waals surface area contributed by atoms with Crippen molar-refractivity contribution in [3.05, 3.63) is 23.9 Å². The Morgan fingerprint density at radius 1 is 1.44 bits per heavy atom. The minimum Gasteiger partial charge on any atom is -0.473 e. The molecule has 2 fully saturated rings. The first-order valence-corrected chi connectivity index (χ1v) is 5.61. The maximum Gasteiger partial charge on any atom is 0.231 e. The summed E-state index contributed by atoms with van der Waals surface area (Å²) in [6.07, 6.45) is 3.16. The van der Waals surface area contributed by atoms with Crippen LogP contribution in [0.15, 0.2) is 18.3 Å². The summed E-state index contributed by atoms with van der Waals surface area (Å²) in [4.78, 5) is 4.13. The van der Waals surface area contributed by atoms with Crippen molar-refractivity contribution in [1.29, 1.82) is 5.26 Å². The number of nitrogens with zero attached hydrogens (tertiary/aromatic N) is 2. The van der Waals surface area contributed by atoms with E-state index in [1.54, 1.807) is 18.3 Å². The smallest absolute Gasteiger partial charge is 0.231 e. The Kier molecular flexibility index (Phi) is 2.26. The van der Waals surface area contributed by atoms with Gasteiger partial charge >= 0.3 is 0 Å². The van der Waals surface area contributed by atoms with Crippen LogP contribution >= 0.6 is 0 Å². The minimum absolute atomic E-state index is 0.253. The highest BCUT2D eigenvalue weighted by Crippen LogP contribution is 2.39. The van der Waals surface area contributed by atoms with Gasteiger partial charge in [0.1, 0.15) is 17.7 Å². The molecule has 1 saturated heterocycles. The molecule has 0 aromatic carbocycles. The Balaban J connectivity index is 1.77. The van der Waals surface area contributed by atoms with Gasteiger partial charge in [0.25, 0.3) is 0 Å². The predicted molar refractivity (Wildman–Crippen MR) is 57.8 cm³/mol. The maximum absolute atomic E-state index is 8.94. The molecule has 1 aromatic rings. The van der Waals surface area contributed by atoms with E-state index in [0.717, 1.165) is 13.1 Å². The van der Waals surface area contributed by atoms with Crippen LogP contribution in [-0.2, 0) is 0 Å². The van der Waals surface area contributed by atoms with Crippen molar-refractivity contribution in [2.24, 2.45) is 11.8 Å². The molecule has 1 saturated carbocycles. The standard InChI is InChI=1S/C12H13N3O/c13-5-8-2-1-3-15-12(8)16-11-9-4-10(11)7-14-6-9/h1-3,9-11,14H,4,6-7H2/t9-,10+,11?. The average molecular weight is 215 g/mol. The van der Waals surface area contributed by atoms with Crippen molar-refractivity contribution < 1.29 is 4.74 Å². The van der Waals surface area contributed by atoms with E-state index in [-0.39, 0.29) is 6.10 Å². The van der Waals surface area contributed by atoms with E-state index < -0.39 is 0 Å². The highest BCUT2D eigenvalue weighted by atomic mass is 16.5. The Bertz CT molecular complexity index is 426. The van der Waals surface area contributed by atoms with Gasteiger partial charge in [0.2, 0.25) is 5.88 Å². The zero-order chi connectivity index (χ0) is 11.0. The molecule has 0 spiro atoms. The second kappa shape index (κ2) is 3.76. The molecule has 3 atom stereocenters. The molecular formula is C12H13N3O. The third-order valence-electron chi connectivity index (χ3n) is 3.49. The molecule has 2 bridgehead atoms. The first kappa shape index (κ1) is 9.61. The molecule has 82 valence electrons. The van der Waals surface area contributed by atoms with Crippen LogP contribution in [0.1, 0.15) is 12.0 Å². The first-order valence-electron chi connectivity index (χ1n) is 5.61. The van der Waals surface area contributed by atoms with Crippen molar-refractivity contribution in [3.8, 4) is 11.9 Å². The highest BCUT2D eigenvalue weighted by molar-refractivity contribution is 5.37. The zero-order valence-corrected chi connectivity index (χ0v) is 8.89. The van der Waals surface area contributed by atoms with E-state index in [1.807, 2.05) is 0 Å². The van der Waals surface area contributed by atoms with Crippen molar-refractivity contribution in [2.75, 3.05) is 13.1 Å². The van der Waals surface area contributed by atoms with Gasteiger partial charge in [-0.3, -0.25) is 0 Å². The van der Waals surface area contributed by atoms with Gasteiger partial charge in [-0.25, -0.2) is 4.98 Å². The Morgan fingerprint density at radius 2 is 2.25 bits per heavy atom. The normalized spacial score (nSPS) is 31.3. The highest BCUT2D eigenvalue weighted by Gasteiger charge is 2.45. The molecule has 2 aliphatic rings. The van der Waals surface area contributed by atoms with Gasteiger partial charge in [-0.05, 0) is 18.6 Å². The Labute approximate surface area is 94.2 Å². The van der Waals surface area contributed by atoms with E-state index >= 15 is 0 Å². The SMILES string of the molecule is N#Cc1cccnc1OC1[C@@H]2CNC[C@H]1C2. The van der Waals surface area contributed by atoms with E-state index in [2.05, 4.69) is 16.4 Å². The lowest BCUT2D eigenvalue weighted by Gasteiger charge is -2.48. The number of ether oxygens (including phenoxy) is 1. The van der Waals surface area contributed by atoms with Crippen LogP contribution in [0, 0.1) is 23.2 Å². The quantitative estimate of drug-likeness (QED) is 0.797. The zero-order valence-electron chi connectivity index (χ0n) is 8.89. The molecule has 0 radical (unpaired) electrons. The number of aromatic nitrogens is 1. The van der Waals surface area contributed by atoms with Gasteiger partial charge in [-0.15, -0.1) is 0 Å². The van der Waals surface area contributed by atoms with Crippen LogP contribution in [0.25, 0.3) is 0 Å². The van der Waals surface area contributed by atoms with Gasteiger partial charge in [0.05, 0.1) is 0 Å². The van der Waals surface area contributed by atoms with E-state index in [1.165, 1.54) is 6.42 Å². The summed E-state index contributed by atoms with van der Waals surface area (Å²) < 4.78 is 5.87. The molecule has 0 amide bonds. The van der Waals surface area contributed by atoms with E-state index in [9.17, 15) is 0 Å². The molecule has 3 rings (SSSR count).